The van der Waals surface area contributed by atoms with Gasteiger partial charge in [0.25, 0.3) is 5.91 Å². The first-order chi connectivity index (χ1) is 18.8. The highest BCUT2D eigenvalue weighted by atomic mass is 32.2. The van der Waals surface area contributed by atoms with Gasteiger partial charge in [0.15, 0.2) is 0 Å². The number of ether oxygens (including phenoxy) is 2. The number of benzene rings is 3. The summed E-state index contributed by atoms with van der Waals surface area (Å²) < 4.78 is 11.9. The number of thioether (sulfide) groups is 2. The van der Waals surface area contributed by atoms with Gasteiger partial charge in [0.1, 0.15) is 10.7 Å². The van der Waals surface area contributed by atoms with Crippen LogP contribution in [0.2, 0.25) is 0 Å². The summed E-state index contributed by atoms with van der Waals surface area (Å²) in [6.45, 7) is 6.01. The van der Waals surface area contributed by atoms with Crippen LogP contribution in [0.3, 0.4) is 0 Å². The lowest BCUT2D eigenvalue weighted by atomic mass is 9.82. The van der Waals surface area contributed by atoms with Gasteiger partial charge in [-0.05, 0) is 56.7 Å². The van der Waals surface area contributed by atoms with Crippen LogP contribution in [0.4, 0.5) is 5.69 Å². The summed E-state index contributed by atoms with van der Waals surface area (Å²) >= 11 is 9.04. The number of hydrogen-bond acceptors (Lipinski definition) is 7. The van der Waals surface area contributed by atoms with Crippen LogP contribution in [-0.2, 0) is 9.53 Å². The first-order valence-corrected chi connectivity index (χ1v) is 14.5. The van der Waals surface area contributed by atoms with Crippen molar-refractivity contribution in [3.8, 4) is 5.75 Å². The SMILES string of the molecule is CCOC(=O)C1=C(c2ccccc2)SC(=C2C(=S)C(C)(C)N(C(=O)c3ccccc3)c3ccc(OC)cc32)S1. The Bertz CT molecular complexity index is 1530. The number of carbonyl (C=O) groups is 2. The summed E-state index contributed by atoms with van der Waals surface area (Å²) in [5.41, 5.74) is 3.03. The number of esters is 1. The summed E-state index contributed by atoms with van der Waals surface area (Å²) in [4.78, 5) is 30.7. The molecule has 198 valence electrons. The quantitative estimate of drug-likeness (QED) is 0.177. The highest BCUT2D eigenvalue weighted by molar-refractivity contribution is 8.32. The Morgan fingerprint density at radius 3 is 2.26 bits per heavy atom. The molecular weight excluding hydrogens is 547 g/mol. The van der Waals surface area contributed by atoms with E-state index < -0.39 is 5.54 Å². The highest BCUT2D eigenvalue weighted by Crippen LogP contribution is 2.59. The van der Waals surface area contributed by atoms with Gasteiger partial charge >= 0.3 is 5.97 Å². The number of rotatable bonds is 5. The first-order valence-electron chi connectivity index (χ1n) is 12.5. The molecule has 2 aliphatic heterocycles. The molecule has 0 spiro atoms. The lowest BCUT2D eigenvalue weighted by Crippen LogP contribution is -2.55. The van der Waals surface area contributed by atoms with Crippen LogP contribution in [0, 0.1) is 0 Å². The van der Waals surface area contributed by atoms with Crippen molar-refractivity contribution < 1.29 is 19.1 Å². The van der Waals surface area contributed by atoms with Crippen LogP contribution in [0.25, 0.3) is 10.5 Å². The van der Waals surface area contributed by atoms with Gasteiger partial charge in [-0.1, -0.05) is 84.3 Å². The summed E-state index contributed by atoms with van der Waals surface area (Å²) in [6.07, 6.45) is 0. The van der Waals surface area contributed by atoms with Gasteiger partial charge in [-0.15, -0.1) is 0 Å². The third-order valence-electron chi connectivity index (χ3n) is 6.58. The molecule has 0 saturated carbocycles. The van der Waals surface area contributed by atoms with Crippen LogP contribution in [-0.4, -0.2) is 36.0 Å². The van der Waals surface area contributed by atoms with Crippen molar-refractivity contribution in [2.24, 2.45) is 0 Å². The maximum absolute atomic E-state index is 13.9. The first kappa shape index (κ1) is 27.2. The third kappa shape index (κ3) is 4.93. The van der Waals surface area contributed by atoms with E-state index in [2.05, 4.69) is 0 Å². The fourth-order valence-corrected chi connectivity index (χ4v) is 7.79. The van der Waals surface area contributed by atoms with Crippen molar-refractivity contribution in [1.29, 1.82) is 0 Å². The zero-order chi connectivity index (χ0) is 27.7. The van der Waals surface area contributed by atoms with Gasteiger partial charge in [0.05, 0.1) is 34.0 Å². The van der Waals surface area contributed by atoms with E-state index in [0.717, 1.165) is 31.5 Å². The van der Waals surface area contributed by atoms with Crippen molar-refractivity contribution in [2.75, 3.05) is 18.6 Å². The van der Waals surface area contributed by atoms with Crippen LogP contribution in [0.5, 0.6) is 5.75 Å². The number of thiocarbonyl (C=S) groups is 1. The zero-order valence-corrected chi connectivity index (χ0v) is 24.5. The Hall–Kier alpha value is -3.33. The van der Waals surface area contributed by atoms with Gasteiger partial charge < -0.3 is 9.47 Å². The Labute approximate surface area is 242 Å². The second-order valence-electron chi connectivity index (χ2n) is 9.39. The molecule has 3 aromatic rings. The highest BCUT2D eigenvalue weighted by Gasteiger charge is 2.46. The van der Waals surface area contributed by atoms with Gasteiger partial charge in [0, 0.05) is 21.6 Å². The zero-order valence-electron chi connectivity index (χ0n) is 22.0. The van der Waals surface area contributed by atoms with Crippen molar-refractivity contribution in [2.45, 2.75) is 26.3 Å². The lowest BCUT2D eigenvalue weighted by Gasteiger charge is -2.45. The minimum Gasteiger partial charge on any atom is -0.497 e. The summed E-state index contributed by atoms with van der Waals surface area (Å²) in [6, 6.07) is 24.7. The van der Waals surface area contributed by atoms with Crippen molar-refractivity contribution in [1.82, 2.24) is 0 Å². The van der Waals surface area contributed by atoms with E-state index in [4.69, 9.17) is 21.7 Å². The van der Waals surface area contributed by atoms with Gasteiger partial charge in [-0.3, -0.25) is 9.69 Å². The number of fused-ring (bicyclic) bond motifs is 1. The maximum Gasteiger partial charge on any atom is 0.346 e. The topological polar surface area (TPSA) is 55.8 Å². The molecule has 0 aromatic heterocycles. The van der Waals surface area contributed by atoms with Gasteiger partial charge in [-0.2, -0.15) is 0 Å². The second kappa shape index (κ2) is 11.0. The Morgan fingerprint density at radius 1 is 0.949 bits per heavy atom. The molecule has 5 rings (SSSR count). The molecule has 1 amide bonds. The smallest absolute Gasteiger partial charge is 0.346 e. The van der Waals surface area contributed by atoms with E-state index in [1.165, 1.54) is 23.5 Å². The molecule has 8 heteroatoms. The molecule has 5 nitrogen and oxygen atoms in total. The minimum atomic E-state index is -0.826. The van der Waals surface area contributed by atoms with Crippen LogP contribution in [0.1, 0.15) is 42.3 Å². The average Bonchev–Trinajstić information content (AvgIpc) is 3.39. The molecule has 2 aliphatic rings. The van der Waals surface area contributed by atoms with E-state index in [9.17, 15) is 9.59 Å². The molecule has 0 bridgehead atoms. The van der Waals surface area contributed by atoms with Crippen molar-refractivity contribution in [3.63, 3.8) is 0 Å². The lowest BCUT2D eigenvalue weighted by molar-refractivity contribution is -0.137. The minimum absolute atomic E-state index is 0.138. The number of methoxy groups -OCH3 is 1. The molecular formula is C31H27NO4S3. The maximum atomic E-state index is 13.9. The Morgan fingerprint density at radius 2 is 1.62 bits per heavy atom. The summed E-state index contributed by atoms with van der Waals surface area (Å²) in [7, 11) is 1.61. The molecule has 0 radical (unpaired) electrons. The van der Waals surface area contributed by atoms with Crippen molar-refractivity contribution >= 4 is 68.6 Å². The number of nitrogens with zero attached hydrogens (tertiary/aromatic N) is 1. The van der Waals surface area contributed by atoms with Crippen LogP contribution < -0.4 is 9.64 Å². The van der Waals surface area contributed by atoms with Crippen LogP contribution >= 0.6 is 35.7 Å². The number of carbonyl (C=O) groups excluding carboxylic acids is 2. The molecule has 0 atom stereocenters. The third-order valence-corrected chi connectivity index (χ3v) is 9.91. The number of hydrogen-bond donors (Lipinski definition) is 0. The molecule has 2 heterocycles. The molecule has 0 N–H and O–H groups in total. The second-order valence-corrected chi connectivity index (χ2v) is 12.1. The van der Waals surface area contributed by atoms with Crippen molar-refractivity contribution in [3.05, 3.63) is 105 Å². The van der Waals surface area contributed by atoms with Crippen LogP contribution in [0.15, 0.2) is 88.0 Å². The van der Waals surface area contributed by atoms with Gasteiger partial charge in [-0.25, -0.2) is 4.79 Å². The monoisotopic (exact) mass is 573 g/mol. The van der Waals surface area contributed by atoms with Gasteiger partial charge in [0.2, 0.25) is 0 Å². The van der Waals surface area contributed by atoms with E-state index in [0.29, 0.717) is 21.1 Å². The largest absolute Gasteiger partial charge is 0.497 e. The molecule has 0 aliphatic carbocycles. The molecule has 3 aromatic carbocycles. The normalized spacial score (nSPS) is 18.2. The molecule has 39 heavy (non-hydrogen) atoms. The number of anilines is 1. The van der Waals surface area contributed by atoms with E-state index in [1.807, 2.05) is 92.7 Å². The summed E-state index contributed by atoms with van der Waals surface area (Å²) in [5.74, 6) is 0.147. The molecule has 0 fully saturated rings. The predicted octanol–water partition coefficient (Wildman–Crippen LogP) is 7.58. The average molecular weight is 574 g/mol. The fraction of sp³-hybridized carbons (Fsp3) is 0.194. The molecule has 0 unspecified atom stereocenters. The fourth-order valence-electron chi connectivity index (χ4n) is 4.66. The number of amides is 1. The molecule has 0 saturated heterocycles. The standard InChI is InChI=1S/C31H27NO4S3/c1-5-36-29(34)26-25(19-12-8-6-9-13-19)38-30(39-26)24-22-18-21(35-4)16-17-23(22)32(31(2,3)27(24)37)28(33)20-14-10-7-11-15-20/h6-18H,5H2,1-4H3. The Balaban J connectivity index is 1.70. The Kier molecular flexibility index (Phi) is 7.71. The van der Waals surface area contributed by atoms with E-state index in [-0.39, 0.29) is 18.5 Å². The predicted molar refractivity (Wildman–Crippen MR) is 165 cm³/mol. The van der Waals surface area contributed by atoms with E-state index in [1.54, 1.807) is 18.9 Å². The summed E-state index contributed by atoms with van der Waals surface area (Å²) in [5, 5.41) is 0. The van der Waals surface area contributed by atoms with E-state index >= 15 is 0 Å².